The first-order valence-corrected chi connectivity index (χ1v) is 10.1. The second-order valence-electron chi connectivity index (χ2n) is 6.26. The molecule has 0 aliphatic rings. The Labute approximate surface area is 160 Å². The van der Waals surface area contributed by atoms with Gasteiger partial charge >= 0.3 is 0 Å². The number of nitrogens with one attached hydrogen (secondary N) is 2. The van der Waals surface area contributed by atoms with Crippen LogP contribution in [0.15, 0.2) is 34.6 Å². The summed E-state index contributed by atoms with van der Waals surface area (Å²) in [7, 11) is 1.69. The maximum absolute atomic E-state index is 5.22. The molecule has 6 heteroatoms. The molecule has 26 heavy (non-hydrogen) atoms. The molecule has 0 amide bonds. The second-order valence-corrected chi connectivity index (χ2v) is 7.32. The number of aryl methyl sites for hydroxylation is 1. The Bertz CT molecular complexity index is 681. The summed E-state index contributed by atoms with van der Waals surface area (Å²) in [5.41, 5.74) is 2.46. The third kappa shape index (κ3) is 6.67. The number of benzene rings is 1. The van der Waals surface area contributed by atoms with Gasteiger partial charge in [-0.2, -0.15) is 0 Å². The van der Waals surface area contributed by atoms with Crippen molar-refractivity contribution in [3.05, 3.63) is 45.9 Å². The van der Waals surface area contributed by atoms with Crippen molar-refractivity contribution in [3.63, 3.8) is 0 Å². The van der Waals surface area contributed by atoms with Gasteiger partial charge < -0.3 is 15.4 Å². The molecule has 0 spiro atoms. The molecule has 0 radical (unpaired) electrons. The summed E-state index contributed by atoms with van der Waals surface area (Å²) in [6, 6.07) is 8.29. The predicted octanol–water partition coefficient (Wildman–Crippen LogP) is 3.75. The van der Waals surface area contributed by atoms with Gasteiger partial charge in [0.25, 0.3) is 0 Å². The topological polar surface area (TPSA) is 58.5 Å². The quantitative estimate of drug-likeness (QED) is 0.518. The monoisotopic (exact) mass is 374 g/mol. The highest BCUT2D eigenvalue weighted by molar-refractivity contribution is 7.09. The van der Waals surface area contributed by atoms with E-state index >= 15 is 0 Å². The minimum absolute atomic E-state index is 0.463. The number of thiazole rings is 1. The third-order valence-electron chi connectivity index (χ3n) is 4.20. The Kier molecular flexibility index (Phi) is 8.41. The molecule has 0 bridgehead atoms. The lowest BCUT2D eigenvalue weighted by Gasteiger charge is -2.13. The van der Waals surface area contributed by atoms with E-state index in [-0.39, 0.29) is 0 Å². The van der Waals surface area contributed by atoms with Gasteiger partial charge in [-0.3, -0.25) is 4.99 Å². The zero-order valence-electron chi connectivity index (χ0n) is 16.2. The number of hydrogen-bond acceptors (Lipinski definition) is 4. The summed E-state index contributed by atoms with van der Waals surface area (Å²) >= 11 is 1.70. The number of ether oxygens (including phenoxy) is 1. The normalized spacial score (nSPS) is 12.7. The molecule has 0 fully saturated rings. The Hall–Kier alpha value is -2.08. The van der Waals surface area contributed by atoms with Gasteiger partial charge in [0, 0.05) is 31.4 Å². The van der Waals surface area contributed by atoms with Crippen molar-refractivity contribution in [2.24, 2.45) is 4.99 Å². The smallest absolute Gasteiger partial charge is 0.191 e. The Balaban J connectivity index is 1.79. The molecule has 0 saturated carbocycles. The predicted molar refractivity (Wildman–Crippen MR) is 111 cm³/mol. The molecule has 1 heterocycles. The second kappa shape index (κ2) is 10.8. The summed E-state index contributed by atoms with van der Waals surface area (Å²) in [6.45, 7) is 8.84. The molecular formula is C20H30N4OS. The summed E-state index contributed by atoms with van der Waals surface area (Å²) in [6.07, 6.45) is 1.92. The molecule has 0 aliphatic heterocycles. The van der Waals surface area contributed by atoms with E-state index in [2.05, 4.69) is 47.0 Å². The fraction of sp³-hybridized carbons (Fsp3) is 0.500. The molecule has 2 aromatic rings. The van der Waals surface area contributed by atoms with Crippen LogP contribution in [0.25, 0.3) is 0 Å². The number of aliphatic imine (C=N–C) groups is 1. The van der Waals surface area contributed by atoms with Crippen LogP contribution in [0.2, 0.25) is 0 Å². The molecule has 0 saturated heterocycles. The summed E-state index contributed by atoms with van der Waals surface area (Å²) < 4.78 is 5.22. The zero-order valence-corrected chi connectivity index (χ0v) is 17.0. The molecule has 5 nitrogen and oxygen atoms in total. The largest absolute Gasteiger partial charge is 0.497 e. The minimum Gasteiger partial charge on any atom is -0.497 e. The van der Waals surface area contributed by atoms with Crippen molar-refractivity contribution in [2.75, 3.05) is 26.7 Å². The van der Waals surface area contributed by atoms with Crippen molar-refractivity contribution in [1.82, 2.24) is 15.6 Å². The zero-order chi connectivity index (χ0) is 18.8. The Morgan fingerprint density at radius 1 is 1.27 bits per heavy atom. The lowest BCUT2D eigenvalue weighted by Crippen LogP contribution is -2.38. The maximum Gasteiger partial charge on any atom is 0.191 e. The SMILES string of the molecule is CCNC(=NCCC(C)c1ccc(OC)cc1)NCCc1csc(C)n1. The van der Waals surface area contributed by atoms with Crippen molar-refractivity contribution in [2.45, 2.75) is 39.5 Å². The van der Waals surface area contributed by atoms with Crippen LogP contribution in [0, 0.1) is 6.92 Å². The maximum atomic E-state index is 5.22. The van der Waals surface area contributed by atoms with Gasteiger partial charge in [-0.05, 0) is 43.9 Å². The van der Waals surface area contributed by atoms with E-state index in [1.54, 1.807) is 18.4 Å². The van der Waals surface area contributed by atoms with Crippen LogP contribution in [0.5, 0.6) is 5.75 Å². The first kappa shape index (κ1) is 20.2. The van der Waals surface area contributed by atoms with E-state index in [9.17, 15) is 0 Å². The van der Waals surface area contributed by atoms with Crippen molar-refractivity contribution in [1.29, 1.82) is 0 Å². The molecule has 142 valence electrons. The van der Waals surface area contributed by atoms with E-state index in [0.717, 1.165) is 54.9 Å². The minimum atomic E-state index is 0.463. The van der Waals surface area contributed by atoms with E-state index in [0.29, 0.717) is 5.92 Å². The van der Waals surface area contributed by atoms with Gasteiger partial charge in [0.05, 0.1) is 17.8 Å². The van der Waals surface area contributed by atoms with E-state index < -0.39 is 0 Å². The lowest BCUT2D eigenvalue weighted by molar-refractivity contribution is 0.414. The van der Waals surface area contributed by atoms with E-state index in [4.69, 9.17) is 9.73 Å². The van der Waals surface area contributed by atoms with Gasteiger partial charge in [0.2, 0.25) is 0 Å². The summed E-state index contributed by atoms with van der Waals surface area (Å²) in [5.74, 6) is 2.24. The van der Waals surface area contributed by atoms with Crippen LogP contribution in [-0.4, -0.2) is 37.7 Å². The first-order valence-electron chi connectivity index (χ1n) is 9.19. The Morgan fingerprint density at radius 2 is 2.04 bits per heavy atom. The van der Waals surface area contributed by atoms with Crippen LogP contribution >= 0.6 is 11.3 Å². The molecule has 2 rings (SSSR count). The average Bonchev–Trinajstić information content (AvgIpc) is 3.07. The highest BCUT2D eigenvalue weighted by atomic mass is 32.1. The summed E-state index contributed by atoms with van der Waals surface area (Å²) in [5, 5.41) is 9.94. The third-order valence-corrected chi connectivity index (χ3v) is 5.02. The van der Waals surface area contributed by atoms with Crippen LogP contribution in [-0.2, 0) is 6.42 Å². The van der Waals surface area contributed by atoms with Gasteiger partial charge in [-0.15, -0.1) is 11.3 Å². The fourth-order valence-corrected chi connectivity index (χ4v) is 3.29. The lowest BCUT2D eigenvalue weighted by atomic mass is 9.98. The number of aromatic nitrogens is 1. The van der Waals surface area contributed by atoms with Gasteiger partial charge in [0.15, 0.2) is 5.96 Å². The standard InChI is InChI=1S/C20H30N4OS/c1-5-21-20(23-13-11-18-14-26-16(3)24-18)22-12-10-15(2)17-6-8-19(25-4)9-7-17/h6-9,14-15H,5,10-13H2,1-4H3,(H2,21,22,23). The number of hydrogen-bond donors (Lipinski definition) is 2. The number of rotatable bonds is 9. The molecule has 1 atom stereocenters. The van der Waals surface area contributed by atoms with Crippen LogP contribution in [0.3, 0.4) is 0 Å². The highest BCUT2D eigenvalue weighted by Gasteiger charge is 2.06. The van der Waals surface area contributed by atoms with Crippen molar-refractivity contribution in [3.8, 4) is 5.75 Å². The molecule has 0 aliphatic carbocycles. The van der Waals surface area contributed by atoms with Crippen LogP contribution in [0.1, 0.15) is 42.5 Å². The van der Waals surface area contributed by atoms with Crippen LogP contribution < -0.4 is 15.4 Å². The number of nitrogens with zero attached hydrogens (tertiary/aromatic N) is 2. The fourth-order valence-electron chi connectivity index (χ4n) is 2.64. The molecular weight excluding hydrogens is 344 g/mol. The molecule has 2 N–H and O–H groups in total. The van der Waals surface area contributed by atoms with E-state index in [1.807, 2.05) is 19.1 Å². The van der Waals surface area contributed by atoms with Gasteiger partial charge in [-0.25, -0.2) is 4.98 Å². The average molecular weight is 375 g/mol. The van der Waals surface area contributed by atoms with Gasteiger partial charge in [0.1, 0.15) is 5.75 Å². The Morgan fingerprint density at radius 3 is 2.65 bits per heavy atom. The molecule has 1 unspecified atom stereocenters. The summed E-state index contributed by atoms with van der Waals surface area (Å²) in [4.78, 5) is 9.20. The van der Waals surface area contributed by atoms with Crippen LogP contribution in [0.4, 0.5) is 0 Å². The highest BCUT2D eigenvalue weighted by Crippen LogP contribution is 2.21. The van der Waals surface area contributed by atoms with Gasteiger partial charge in [-0.1, -0.05) is 19.1 Å². The van der Waals surface area contributed by atoms with E-state index in [1.165, 1.54) is 5.56 Å². The first-order chi connectivity index (χ1) is 12.6. The number of guanidine groups is 1. The number of methoxy groups -OCH3 is 1. The molecule has 1 aromatic heterocycles. The van der Waals surface area contributed by atoms with Crippen molar-refractivity contribution < 1.29 is 4.74 Å². The molecule has 1 aromatic carbocycles. The van der Waals surface area contributed by atoms with Crippen molar-refractivity contribution >= 4 is 17.3 Å².